The van der Waals surface area contributed by atoms with Crippen molar-refractivity contribution < 1.29 is 4.11 Å². The van der Waals surface area contributed by atoms with Gasteiger partial charge >= 0.3 is 0 Å². The SMILES string of the molecule is [2H]C([2H])([2H])[P+](C)(c1ccccc1)c1ccccc1. The molecule has 0 amide bonds. The van der Waals surface area contributed by atoms with Crippen LogP contribution in [0.5, 0.6) is 0 Å². The van der Waals surface area contributed by atoms with Crippen molar-refractivity contribution in [2.45, 2.75) is 0 Å². The summed E-state index contributed by atoms with van der Waals surface area (Å²) in [7, 11) is -2.36. The Morgan fingerprint density at radius 1 is 0.800 bits per heavy atom. The summed E-state index contributed by atoms with van der Waals surface area (Å²) in [5.74, 6) is 0. The second-order valence-electron chi connectivity index (χ2n) is 3.68. The molecule has 76 valence electrons. The van der Waals surface area contributed by atoms with E-state index >= 15 is 0 Å². The normalized spacial score (nSPS) is 15.1. The molecule has 0 aliphatic heterocycles. The Labute approximate surface area is 96.5 Å². The monoisotopic (exact) mass is 218 g/mol. The molecule has 0 bridgehead atoms. The molecule has 0 atom stereocenters. The van der Waals surface area contributed by atoms with Crippen LogP contribution in [0.4, 0.5) is 0 Å². The van der Waals surface area contributed by atoms with Gasteiger partial charge in [0.1, 0.15) is 0 Å². The summed E-state index contributed by atoms with van der Waals surface area (Å²) in [6.07, 6.45) is 0. The summed E-state index contributed by atoms with van der Waals surface area (Å²) in [6, 6.07) is 19.1. The van der Waals surface area contributed by atoms with E-state index in [-0.39, 0.29) is 0 Å². The highest BCUT2D eigenvalue weighted by molar-refractivity contribution is 7.88. The molecule has 0 unspecified atom stereocenters. The van der Waals surface area contributed by atoms with E-state index in [0.29, 0.717) is 0 Å². The lowest BCUT2D eigenvalue weighted by atomic mass is 10.4. The Hall–Kier alpha value is -1.13. The third-order valence-electron chi connectivity index (χ3n) is 2.55. The number of hydrogen-bond donors (Lipinski definition) is 0. The van der Waals surface area contributed by atoms with Crippen molar-refractivity contribution in [1.82, 2.24) is 0 Å². The summed E-state index contributed by atoms with van der Waals surface area (Å²) >= 11 is 0. The predicted molar refractivity (Wildman–Crippen MR) is 70.9 cm³/mol. The predicted octanol–water partition coefficient (Wildman–Crippen LogP) is 2.91. The first-order valence-electron chi connectivity index (χ1n) is 6.44. The maximum Gasteiger partial charge on any atom is 0.0985 e. The average Bonchev–Trinajstić information content (AvgIpc) is 2.38. The van der Waals surface area contributed by atoms with Gasteiger partial charge in [0.05, 0.1) is 35.2 Å². The molecule has 0 aromatic heterocycles. The van der Waals surface area contributed by atoms with Gasteiger partial charge in [-0.1, -0.05) is 36.4 Å². The van der Waals surface area contributed by atoms with Gasteiger partial charge < -0.3 is 0 Å². The van der Waals surface area contributed by atoms with E-state index in [4.69, 9.17) is 4.11 Å². The third kappa shape index (κ3) is 2.11. The Bertz CT molecular complexity index is 466. The van der Waals surface area contributed by atoms with Crippen LogP contribution in [0.2, 0.25) is 0 Å². The maximum absolute atomic E-state index is 7.94. The smallest absolute Gasteiger partial charge is 0.0620 e. The Morgan fingerprint density at radius 2 is 1.20 bits per heavy atom. The van der Waals surface area contributed by atoms with Gasteiger partial charge in [-0.15, -0.1) is 0 Å². The summed E-state index contributed by atoms with van der Waals surface area (Å²) in [5, 5.41) is 1.85. The topological polar surface area (TPSA) is 0 Å². The lowest BCUT2D eigenvalue weighted by molar-refractivity contribution is 1.73. The van der Waals surface area contributed by atoms with E-state index in [1.807, 2.05) is 67.3 Å². The molecule has 0 aliphatic carbocycles. The fourth-order valence-corrected chi connectivity index (χ4v) is 3.44. The minimum atomic E-state index is -2.36. The fourth-order valence-electron chi connectivity index (χ4n) is 1.60. The molecule has 2 aromatic carbocycles. The zero-order valence-electron chi connectivity index (χ0n) is 11.7. The number of hydrogen-bond acceptors (Lipinski definition) is 0. The highest BCUT2D eigenvalue weighted by atomic mass is 31.2. The number of benzene rings is 2. The van der Waals surface area contributed by atoms with E-state index in [1.165, 1.54) is 0 Å². The van der Waals surface area contributed by atoms with Crippen molar-refractivity contribution in [3.8, 4) is 0 Å². The van der Waals surface area contributed by atoms with Crippen LogP contribution in [0.1, 0.15) is 4.11 Å². The molecule has 0 heterocycles. The molecular formula is C14H16P+. The molecule has 0 aliphatic rings. The van der Waals surface area contributed by atoms with Crippen molar-refractivity contribution >= 4 is 17.9 Å². The summed E-state index contributed by atoms with van der Waals surface area (Å²) in [6.45, 7) is -0.0830. The van der Waals surface area contributed by atoms with Gasteiger partial charge in [0.25, 0.3) is 0 Å². The quantitative estimate of drug-likeness (QED) is 0.680. The Morgan fingerprint density at radius 3 is 1.53 bits per heavy atom. The first-order chi connectivity index (χ1) is 8.46. The lowest BCUT2D eigenvalue weighted by Crippen LogP contribution is -2.19. The molecular weight excluding hydrogens is 199 g/mol. The summed E-state index contributed by atoms with van der Waals surface area (Å²) in [5.41, 5.74) is 0. The van der Waals surface area contributed by atoms with Gasteiger partial charge in [0, 0.05) is 0 Å². The molecule has 0 saturated heterocycles. The van der Waals surface area contributed by atoms with E-state index in [9.17, 15) is 0 Å². The van der Waals surface area contributed by atoms with Crippen LogP contribution in [0.15, 0.2) is 60.7 Å². The van der Waals surface area contributed by atoms with Gasteiger partial charge in [-0.25, -0.2) is 0 Å². The zero-order valence-corrected chi connectivity index (χ0v) is 9.62. The Kier molecular flexibility index (Phi) is 2.00. The van der Waals surface area contributed by atoms with Gasteiger partial charge in [-0.2, -0.15) is 0 Å². The maximum atomic E-state index is 7.94. The minimum absolute atomic E-state index is 0.927. The van der Waals surface area contributed by atoms with Crippen LogP contribution in [-0.2, 0) is 0 Å². The first kappa shape index (κ1) is 7.19. The van der Waals surface area contributed by atoms with Crippen molar-refractivity contribution in [2.24, 2.45) is 0 Å². The van der Waals surface area contributed by atoms with Crippen LogP contribution >= 0.6 is 7.26 Å². The van der Waals surface area contributed by atoms with Crippen molar-refractivity contribution in [2.75, 3.05) is 13.3 Å². The Balaban J connectivity index is 2.63. The van der Waals surface area contributed by atoms with Crippen LogP contribution in [0.25, 0.3) is 0 Å². The van der Waals surface area contributed by atoms with Gasteiger partial charge in [-0.05, 0) is 24.3 Å². The van der Waals surface area contributed by atoms with Gasteiger partial charge in [-0.3, -0.25) is 0 Å². The second kappa shape index (κ2) is 4.16. The third-order valence-corrected chi connectivity index (χ3v) is 5.21. The van der Waals surface area contributed by atoms with Crippen LogP contribution in [0, 0.1) is 0 Å². The molecule has 0 nitrogen and oxygen atoms in total. The van der Waals surface area contributed by atoms with Crippen molar-refractivity contribution in [3.63, 3.8) is 0 Å². The largest absolute Gasteiger partial charge is 0.0985 e. The van der Waals surface area contributed by atoms with Gasteiger partial charge in [0.15, 0.2) is 0 Å². The van der Waals surface area contributed by atoms with Crippen molar-refractivity contribution in [1.29, 1.82) is 0 Å². The molecule has 0 saturated carbocycles. The summed E-state index contributed by atoms with van der Waals surface area (Å²) in [4.78, 5) is 0. The standard InChI is InChI=1S/C14H16P/c1-15(2,13-9-5-3-6-10-13)14-11-7-4-8-12-14/h3-12H,1-2H3/q+1/i1D3. The summed E-state index contributed by atoms with van der Waals surface area (Å²) < 4.78 is 23.8. The molecule has 2 rings (SSSR count). The molecule has 0 spiro atoms. The zero-order chi connectivity index (χ0) is 13.2. The van der Waals surface area contributed by atoms with E-state index in [0.717, 1.165) is 10.6 Å². The molecule has 2 aromatic rings. The fraction of sp³-hybridized carbons (Fsp3) is 0.143. The lowest BCUT2D eigenvalue weighted by Gasteiger charge is -2.17. The molecule has 0 radical (unpaired) electrons. The molecule has 15 heavy (non-hydrogen) atoms. The van der Waals surface area contributed by atoms with E-state index < -0.39 is 13.9 Å². The second-order valence-corrected chi connectivity index (χ2v) is 6.72. The molecule has 1 heteroatoms. The highest BCUT2D eigenvalue weighted by Gasteiger charge is 2.30. The highest BCUT2D eigenvalue weighted by Crippen LogP contribution is 2.48. The van der Waals surface area contributed by atoms with Crippen LogP contribution in [0.3, 0.4) is 0 Å². The first-order valence-corrected chi connectivity index (χ1v) is 7.18. The minimum Gasteiger partial charge on any atom is -0.0620 e. The van der Waals surface area contributed by atoms with E-state index in [2.05, 4.69) is 0 Å². The average molecular weight is 218 g/mol. The van der Waals surface area contributed by atoms with Gasteiger partial charge in [0.2, 0.25) is 0 Å². The molecule has 0 N–H and O–H groups in total. The van der Waals surface area contributed by atoms with Crippen molar-refractivity contribution in [3.05, 3.63) is 60.7 Å². The number of rotatable bonds is 2. The van der Waals surface area contributed by atoms with Crippen LogP contribution < -0.4 is 10.6 Å². The molecule has 0 fully saturated rings. The van der Waals surface area contributed by atoms with Crippen LogP contribution in [-0.4, -0.2) is 13.3 Å². The van der Waals surface area contributed by atoms with E-state index in [1.54, 1.807) is 0 Å².